The van der Waals surface area contributed by atoms with Crippen molar-refractivity contribution in [1.82, 2.24) is 5.32 Å². The van der Waals surface area contributed by atoms with Crippen LogP contribution in [-0.4, -0.2) is 39.0 Å². The van der Waals surface area contributed by atoms with Gasteiger partial charge in [-0.25, -0.2) is 0 Å². The third-order valence-electron chi connectivity index (χ3n) is 2.77. The van der Waals surface area contributed by atoms with Crippen LogP contribution in [0.3, 0.4) is 0 Å². The van der Waals surface area contributed by atoms with Crippen molar-refractivity contribution in [2.24, 2.45) is 5.41 Å². The average molecular weight is 226 g/mol. The standard InChI is InChI=1S/C12H22N2O2/c1-12(2,4-3-5-13)10-14-8-11-9-15-6-7-16-11/h11,14H,3-4,6-10H2,1-2H3. The summed E-state index contributed by atoms with van der Waals surface area (Å²) >= 11 is 0. The SMILES string of the molecule is CC(C)(CCC#N)CNCC1COCCO1. The topological polar surface area (TPSA) is 54.3 Å². The van der Waals surface area contributed by atoms with Crippen LogP contribution in [-0.2, 0) is 9.47 Å². The summed E-state index contributed by atoms with van der Waals surface area (Å²) in [7, 11) is 0. The van der Waals surface area contributed by atoms with Crippen LogP contribution in [0.1, 0.15) is 26.7 Å². The summed E-state index contributed by atoms with van der Waals surface area (Å²) in [5.74, 6) is 0. The zero-order valence-corrected chi connectivity index (χ0v) is 10.3. The van der Waals surface area contributed by atoms with E-state index < -0.39 is 0 Å². The van der Waals surface area contributed by atoms with Gasteiger partial charge in [-0.2, -0.15) is 5.26 Å². The fourth-order valence-corrected chi connectivity index (χ4v) is 1.71. The minimum atomic E-state index is 0.172. The maximum atomic E-state index is 8.55. The molecule has 0 amide bonds. The van der Waals surface area contributed by atoms with Crippen molar-refractivity contribution in [2.75, 3.05) is 32.9 Å². The number of hydrogen-bond acceptors (Lipinski definition) is 4. The molecule has 0 aliphatic carbocycles. The zero-order valence-electron chi connectivity index (χ0n) is 10.3. The number of rotatable bonds is 6. The summed E-state index contributed by atoms with van der Waals surface area (Å²) in [4.78, 5) is 0. The molecule has 1 N–H and O–H groups in total. The van der Waals surface area contributed by atoms with E-state index in [2.05, 4.69) is 25.2 Å². The van der Waals surface area contributed by atoms with Gasteiger partial charge in [0.15, 0.2) is 0 Å². The van der Waals surface area contributed by atoms with E-state index in [0.717, 1.165) is 19.5 Å². The summed E-state index contributed by atoms with van der Waals surface area (Å²) in [6.07, 6.45) is 1.73. The van der Waals surface area contributed by atoms with Crippen LogP contribution in [0, 0.1) is 16.7 Å². The van der Waals surface area contributed by atoms with Crippen molar-refractivity contribution in [2.45, 2.75) is 32.8 Å². The molecule has 1 rings (SSSR count). The van der Waals surface area contributed by atoms with Crippen LogP contribution >= 0.6 is 0 Å². The average Bonchev–Trinajstić information content (AvgIpc) is 2.28. The molecule has 1 saturated heterocycles. The molecule has 1 heterocycles. The molecule has 1 fully saturated rings. The minimum absolute atomic E-state index is 0.172. The first kappa shape index (κ1) is 13.4. The Bertz CT molecular complexity index is 230. The van der Waals surface area contributed by atoms with Crippen molar-refractivity contribution in [3.63, 3.8) is 0 Å². The van der Waals surface area contributed by atoms with Crippen LogP contribution in [0.15, 0.2) is 0 Å². The summed E-state index contributed by atoms with van der Waals surface area (Å²) in [6.45, 7) is 8.19. The highest BCUT2D eigenvalue weighted by atomic mass is 16.6. The third kappa shape index (κ3) is 5.45. The maximum absolute atomic E-state index is 8.55. The first-order valence-corrected chi connectivity index (χ1v) is 5.91. The lowest BCUT2D eigenvalue weighted by Crippen LogP contribution is -2.40. The van der Waals surface area contributed by atoms with Crippen molar-refractivity contribution in [1.29, 1.82) is 5.26 Å². The lowest BCUT2D eigenvalue weighted by atomic mass is 9.88. The van der Waals surface area contributed by atoms with E-state index in [0.29, 0.717) is 26.2 Å². The summed E-state index contributed by atoms with van der Waals surface area (Å²) < 4.78 is 10.9. The van der Waals surface area contributed by atoms with Gasteiger partial charge in [0.25, 0.3) is 0 Å². The molecule has 0 spiro atoms. The molecule has 16 heavy (non-hydrogen) atoms. The van der Waals surface area contributed by atoms with Gasteiger partial charge in [-0.3, -0.25) is 0 Å². The quantitative estimate of drug-likeness (QED) is 0.742. The number of nitrogens with zero attached hydrogens (tertiary/aromatic N) is 1. The molecule has 0 saturated carbocycles. The first-order valence-electron chi connectivity index (χ1n) is 5.91. The fraction of sp³-hybridized carbons (Fsp3) is 0.917. The molecule has 4 heteroatoms. The minimum Gasteiger partial charge on any atom is -0.376 e. The second-order valence-electron chi connectivity index (χ2n) is 5.02. The lowest BCUT2D eigenvalue weighted by Gasteiger charge is -2.27. The number of ether oxygens (including phenoxy) is 2. The molecule has 0 aromatic heterocycles. The highest BCUT2D eigenvalue weighted by Crippen LogP contribution is 2.20. The fourth-order valence-electron chi connectivity index (χ4n) is 1.71. The van der Waals surface area contributed by atoms with Gasteiger partial charge in [0, 0.05) is 19.5 Å². The van der Waals surface area contributed by atoms with E-state index in [9.17, 15) is 0 Å². The van der Waals surface area contributed by atoms with Gasteiger partial charge in [0.1, 0.15) is 0 Å². The van der Waals surface area contributed by atoms with Crippen LogP contribution in [0.5, 0.6) is 0 Å². The van der Waals surface area contributed by atoms with Crippen molar-refractivity contribution < 1.29 is 9.47 Å². The number of nitriles is 1. The van der Waals surface area contributed by atoms with Crippen LogP contribution in [0.2, 0.25) is 0 Å². The number of nitrogens with one attached hydrogen (secondary N) is 1. The van der Waals surface area contributed by atoms with Gasteiger partial charge in [0.2, 0.25) is 0 Å². The Morgan fingerprint density at radius 1 is 1.44 bits per heavy atom. The van der Waals surface area contributed by atoms with Crippen molar-refractivity contribution in [3.05, 3.63) is 0 Å². The Kier molecular flexibility index (Phi) is 5.75. The molecular weight excluding hydrogens is 204 g/mol. The van der Waals surface area contributed by atoms with Crippen molar-refractivity contribution in [3.8, 4) is 6.07 Å². The molecule has 4 nitrogen and oxygen atoms in total. The molecular formula is C12H22N2O2. The van der Waals surface area contributed by atoms with E-state index in [1.165, 1.54) is 0 Å². The Hall–Kier alpha value is -0.630. The van der Waals surface area contributed by atoms with E-state index >= 15 is 0 Å². The smallest absolute Gasteiger partial charge is 0.0933 e. The van der Waals surface area contributed by atoms with Crippen LogP contribution in [0.25, 0.3) is 0 Å². The molecule has 1 unspecified atom stereocenters. The molecule has 1 atom stereocenters. The zero-order chi connectivity index (χ0) is 11.9. The predicted molar refractivity (Wildman–Crippen MR) is 62.1 cm³/mol. The first-order chi connectivity index (χ1) is 7.64. The lowest BCUT2D eigenvalue weighted by molar-refractivity contribution is -0.0867. The van der Waals surface area contributed by atoms with Gasteiger partial charge in [-0.05, 0) is 11.8 Å². The van der Waals surface area contributed by atoms with E-state index in [1.807, 2.05) is 0 Å². The molecule has 1 aliphatic heterocycles. The van der Waals surface area contributed by atoms with Gasteiger partial charge in [-0.1, -0.05) is 13.8 Å². The van der Waals surface area contributed by atoms with Crippen LogP contribution < -0.4 is 5.32 Å². The number of hydrogen-bond donors (Lipinski definition) is 1. The Morgan fingerprint density at radius 3 is 2.88 bits per heavy atom. The second-order valence-corrected chi connectivity index (χ2v) is 5.02. The van der Waals surface area contributed by atoms with Gasteiger partial charge >= 0.3 is 0 Å². The largest absolute Gasteiger partial charge is 0.376 e. The van der Waals surface area contributed by atoms with E-state index in [4.69, 9.17) is 14.7 Å². The Morgan fingerprint density at radius 2 is 2.25 bits per heavy atom. The monoisotopic (exact) mass is 226 g/mol. The summed E-state index contributed by atoms with van der Waals surface area (Å²) in [5.41, 5.74) is 0.172. The third-order valence-corrected chi connectivity index (χ3v) is 2.77. The predicted octanol–water partition coefficient (Wildman–Crippen LogP) is 1.32. The van der Waals surface area contributed by atoms with Gasteiger partial charge < -0.3 is 14.8 Å². The molecule has 0 bridgehead atoms. The molecule has 1 aliphatic rings. The van der Waals surface area contributed by atoms with Gasteiger partial charge in [0.05, 0.1) is 32.0 Å². The molecule has 0 aromatic rings. The molecule has 0 aromatic carbocycles. The highest BCUT2D eigenvalue weighted by Gasteiger charge is 2.19. The Balaban J connectivity index is 2.11. The van der Waals surface area contributed by atoms with Crippen molar-refractivity contribution >= 4 is 0 Å². The normalized spacial score (nSPS) is 21.7. The molecule has 92 valence electrons. The maximum Gasteiger partial charge on any atom is 0.0933 e. The molecule has 0 radical (unpaired) electrons. The van der Waals surface area contributed by atoms with Gasteiger partial charge in [-0.15, -0.1) is 0 Å². The highest BCUT2D eigenvalue weighted by molar-refractivity contribution is 4.79. The summed E-state index contributed by atoms with van der Waals surface area (Å²) in [6, 6.07) is 2.19. The second kappa shape index (κ2) is 6.85. The van der Waals surface area contributed by atoms with Crippen LogP contribution in [0.4, 0.5) is 0 Å². The van der Waals surface area contributed by atoms with E-state index in [1.54, 1.807) is 0 Å². The Labute approximate surface area is 97.9 Å². The van der Waals surface area contributed by atoms with E-state index in [-0.39, 0.29) is 11.5 Å². The summed E-state index contributed by atoms with van der Waals surface area (Å²) in [5, 5.41) is 11.9.